The molecule has 0 saturated carbocycles. The molecule has 2 rings (SSSR count). The van der Waals surface area contributed by atoms with E-state index in [0.29, 0.717) is 23.6 Å². The Morgan fingerprint density at radius 1 is 1.37 bits per heavy atom. The van der Waals surface area contributed by atoms with E-state index in [1.54, 1.807) is 32.4 Å². The van der Waals surface area contributed by atoms with Crippen LogP contribution in [0.4, 0.5) is 0 Å². The van der Waals surface area contributed by atoms with Crippen molar-refractivity contribution in [2.24, 2.45) is 0 Å². The van der Waals surface area contributed by atoms with Gasteiger partial charge in [-0.1, -0.05) is 6.07 Å². The highest BCUT2D eigenvalue weighted by molar-refractivity contribution is 5.98. The zero-order chi connectivity index (χ0) is 13.8. The molecule has 1 aromatic rings. The van der Waals surface area contributed by atoms with Gasteiger partial charge in [0.2, 0.25) is 0 Å². The maximum absolute atomic E-state index is 12.6. The van der Waals surface area contributed by atoms with E-state index in [1.165, 1.54) is 0 Å². The summed E-state index contributed by atoms with van der Waals surface area (Å²) in [6.45, 7) is 4.39. The number of methoxy groups -OCH3 is 2. The highest BCUT2D eigenvalue weighted by Gasteiger charge is 2.27. The Hall–Kier alpha value is -1.75. The van der Waals surface area contributed by atoms with Gasteiger partial charge >= 0.3 is 0 Å². The molecule has 1 N–H and O–H groups in total. The third-order valence-corrected chi connectivity index (χ3v) is 3.40. The van der Waals surface area contributed by atoms with Crippen LogP contribution in [0.15, 0.2) is 18.2 Å². The van der Waals surface area contributed by atoms with Crippen molar-refractivity contribution in [1.82, 2.24) is 10.2 Å². The first kappa shape index (κ1) is 13.7. The van der Waals surface area contributed by atoms with Crippen molar-refractivity contribution in [3.63, 3.8) is 0 Å². The van der Waals surface area contributed by atoms with Crippen LogP contribution in [0.2, 0.25) is 0 Å². The van der Waals surface area contributed by atoms with Gasteiger partial charge in [-0.05, 0) is 19.1 Å². The van der Waals surface area contributed by atoms with E-state index in [1.807, 2.05) is 11.8 Å². The molecule has 1 aliphatic rings. The van der Waals surface area contributed by atoms with E-state index in [9.17, 15) is 4.79 Å². The zero-order valence-corrected chi connectivity index (χ0v) is 11.6. The molecule has 1 fully saturated rings. The molecule has 5 heteroatoms. The maximum Gasteiger partial charge on any atom is 0.258 e. The lowest BCUT2D eigenvalue weighted by Crippen LogP contribution is -2.52. The van der Waals surface area contributed by atoms with Crippen molar-refractivity contribution in [2.45, 2.75) is 13.0 Å². The van der Waals surface area contributed by atoms with Crippen LogP contribution >= 0.6 is 0 Å². The number of nitrogens with one attached hydrogen (secondary N) is 1. The van der Waals surface area contributed by atoms with Gasteiger partial charge in [-0.25, -0.2) is 0 Å². The second-order valence-corrected chi connectivity index (χ2v) is 4.59. The van der Waals surface area contributed by atoms with Gasteiger partial charge in [0.1, 0.15) is 0 Å². The highest BCUT2D eigenvalue weighted by atomic mass is 16.5. The molecule has 0 spiro atoms. The summed E-state index contributed by atoms with van der Waals surface area (Å²) in [6.07, 6.45) is 0. The number of hydrogen-bond acceptors (Lipinski definition) is 4. The first-order valence-corrected chi connectivity index (χ1v) is 6.41. The SMILES string of the molecule is COc1cccc(C(=O)N2CCNC[C@H]2C)c1OC. The van der Waals surface area contributed by atoms with E-state index >= 15 is 0 Å². The average molecular weight is 264 g/mol. The lowest BCUT2D eigenvalue weighted by atomic mass is 10.1. The lowest BCUT2D eigenvalue weighted by Gasteiger charge is -2.34. The van der Waals surface area contributed by atoms with Crippen molar-refractivity contribution in [3.8, 4) is 11.5 Å². The fourth-order valence-corrected chi connectivity index (χ4v) is 2.35. The second-order valence-electron chi connectivity index (χ2n) is 4.59. The number of piperazine rings is 1. The standard InChI is InChI=1S/C14H20N2O3/c1-10-9-15-7-8-16(10)14(17)11-5-4-6-12(18-2)13(11)19-3/h4-6,10,15H,7-9H2,1-3H3/t10-/m1/s1. The van der Waals surface area contributed by atoms with Gasteiger partial charge in [-0.3, -0.25) is 4.79 Å². The summed E-state index contributed by atoms with van der Waals surface area (Å²) >= 11 is 0. The normalized spacial score (nSPS) is 19.1. The molecular formula is C14H20N2O3. The summed E-state index contributed by atoms with van der Waals surface area (Å²) in [4.78, 5) is 14.5. The van der Waals surface area contributed by atoms with Crippen molar-refractivity contribution >= 4 is 5.91 Å². The molecule has 0 radical (unpaired) electrons. The number of benzene rings is 1. The van der Waals surface area contributed by atoms with Crippen LogP contribution in [-0.2, 0) is 0 Å². The van der Waals surface area contributed by atoms with Crippen LogP contribution in [0.3, 0.4) is 0 Å². The molecule has 1 aliphatic heterocycles. The van der Waals surface area contributed by atoms with Crippen LogP contribution in [-0.4, -0.2) is 50.7 Å². The minimum atomic E-state index is -0.00949. The summed E-state index contributed by atoms with van der Waals surface area (Å²) < 4.78 is 10.6. The third-order valence-electron chi connectivity index (χ3n) is 3.40. The summed E-state index contributed by atoms with van der Waals surface area (Å²) in [7, 11) is 3.12. The molecule has 19 heavy (non-hydrogen) atoms. The van der Waals surface area contributed by atoms with Crippen LogP contribution in [0.25, 0.3) is 0 Å². The number of rotatable bonds is 3. The number of carbonyl (C=O) groups is 1. The summed E-state index contributed by atoms with van der Waals surface area (Å²) in [5.74, 6) is 1.07. The van der Waals surface area contributed by atoms with E-state index in [-0.39, 0.29) is 11.9 Å². The number of nitrogens with zero attached hydrogens (tertiary/aromatic N) is 1. The van der Waals surface area contributed by atoms with Crippen molar-refractivity contribution in [3.05, 3.63) is 23.8 Å². The minimum Gasteiger partial charge on any atom is -0.493 e. The Labute approximate surface area is 113 Å². The van der Waals surface area contributed by atoms with E-state index in [4.69, 9.17) is 9.47 Å². The molecule has 1 heterocycles. The predicted molar refractivity (Wildman–Crippen MR) is 72.9 cm³/mol. The quantitative estimate of drug-likeness (QED) is 0.889. The van der Waals surface area contributed by atoms with Crippen molar-refractivity contribution in [1.29, 1.82) is 0 Å². The summed E-state index contributed by atoms with van der Waals surface area (Å²) in [5.41, 5.74) is 0.551. The molecule has 0 aromatic heterocycles. The van der Waals surface area contributed by atoms with Gasteiger partial charge in [0.05, 0.1) is 19.8 Å². The Balaban J connectivity index is 2.32. The molecular weight excluding hydrogens is 244 g/mol. The maximum atomic E-state index is 12.6. The molecule has 5 nitrogen and oxygen atoms in total. The van der Waals surface area contributed by atoms with Crippen LogP contribution in [0.1, 0.15) is 17.3 Å². The molecule has 104 valence electrons. The first-order valence-electron chi connectivity index (χ1n) is 6.41. The summed E-state index contributed by atoms with van der Waals surface area (Å²) in [6, 6.07) is 5.55. The van der Waals surface area contributed by atoms with E-state index in [0.717, 1.165) is 13.1 Å². The number of carbonyl (C=O) groups excluding carboxylic acids is 1. The molecule has 0 aliphatic carbocycles. The van der Waals surface area contributed by atoms with Crippen molar-refractivity contribution in [2.75, 3.05) is 33.9 Å². The van der Waals surface area contributed by atoms with Gasteiger partial charge < -0.3 is 19.7 Å². The highest BCUT2D eigenvalue weighted by Crippen LogP contribution is 2.31. The number of ether oxygens (including phenoxy) is 2. The smallest absolute Gasteiger partial charge is 0.258 e. The van der Waals surface area contributed by atoms with Crippen LogP contribution in [0.5, 0.6) is 11.5 Å². The summed E-state index contributed by atoms with van der Waals surface area (Å²) in [5, 5.41) is 3.27. The lowest BCUT2D eigenvalue weighted by molar-refractivity contribution is 0.0651. The monoisotopic (exact) mass is 264 g/mol. The molecule has 1 atom stereocenters. The molecule has 1 saturated heterocycles. The van der Waals surface area contributed by atoms with Crippen molar-refractivity contribution < 1.29 is 14.3 Å². The predicted octanol–water partition coefficient (Wildman–Crippen LogP) is 1.14. The first-order chi connectivity index (χ1) is 9.19. The molecule has 0 bridgehead atoms. The minimum absolute atomic E-state index is 0.00949. The van der Waals surface area contributed by atoms with Gasteiger partial charge in [-0.15, -0.1) is 0 Å². The van der Waals surface area contributed by atoms with Gasteiger partial charge in [0.15, 0.2) is 11.5 Å². The van der Waals surface area contributed by atoms with Gasteiger partial charge in [0, 0.05) is 25.7 Å². The Bertz CT molecular complexity index is 462. The Morgan fingerprint density at radius 3 is 2.79 bits per heavy atom. The van der Waals surface area contributed by atoms with Gasteiger partial charge in [-0.2, -0.15) is 0 Å². The average Bonchev–Trinajstić information content (AvgIpc) is 2.46. The number of hydrogen-bond donors (Lipinski definition) is 1. The molecule has 1 aromatic carbocycles. The number of para-hydroxylation sites is 1. The second kappa shape index (κ2) is 5.93. The Morgan fingerprint density at radius 2 is 2.16 bits per heavy atom. The van der Waals surface area contributed by atoms with Crippen LogP contribution < -0.4 is 14.8 Å². The van der Waals surface area contributed by atoms with Crippen LogP contribution in [0, 0.1) is 0 Å². The van der Waals surface area contributed by atoms with E-state index < -0.39 is 0 Å². The van der Waals surface area contributed by atoms with E-state index in [2.05, 4.69) is 5.32 Å². The zero-order valence-electron chi connectivity index (χ0n) is 11.6. The molecule has 0 unspecified atom stereocenters. The van der Waals surface area contributed by atoms with Gasteiger partial charge in [0.25, 0.3) is 5.91 Å². The fraction of sp³-hybridized carbons (Fsp3) is 0.500. The number of amides is 1. The largest absolute Gasteiger partial charge is 0.493 e. The topological polar surface area (TPSA) is 50.8 Å². The third kappa shape index (κ3) is 2.66. The Kier molecular flexibility index (Phi) is 4.27. The molecule has 1 amide bonds. The fourth-order valence-electron chi connectivity index (χ4n) is 2.35.